The summed E-state index contributed by atoms with van der Waals surface area (Å²) < 4.78 is 65.0. The van der Waals surface area contributed by atoms with Crippen LogP contribution in [0.1, 0.15) is 11.3 Å². The van der Waals surface area contributed by atoms with Crippen molar-refractivity contribution in [3.8, 4) is 11.3 Å². The lowest BCUT2D eigenvalue weighted by Crippen LogP contribution is -2.15. The zero-order valence-corrected chi connectivity index (χ0v) is 16.2. The molecular formula is C19H14F3N5O2S. The molecular weight excluding hydrogens is 419 g/mol. The number of benzene rings is 1. The normalized spacial score (nSPS) is 12.3. The summed E-state index contributed by atoms with van der Waals surface area (Å²) in [6, 6.07) is 9.83. The first-order valence-corrected chi connectivity index (χ1v) is 10.1. The van der Waals surface area contributed by atoms with Gasteiger partial charge in [0.15, 0.2) is 5.03 Å². The molecule has 0 fully saturated rings. The number of halogens is 3. The molecule has 0 amide bonds. The molecule has 0 aliphatic heterocycles. The molecule has 0 saturated carbocycles. The predicted molar refractivity (Wildman–Crippen MR) is 104 cm³/mol. The lowest BCUT2D eigenvalue weighted by molar-refractivity contribution is -0.137. The molecule has 4 rings (SSSR count). The minimum Gasteiger partial charge on any atom is -0.343 e. The fourth-order valence-corrected chi connectivity index (χ4v) is 3.90. The van der Waals surface area contributed by atoms with Crippen molar-refractivity contribution in [1.29, 1.82) is 0 Å². The number of pyridine rings is 1. The highest BCUT2D eigenvalue weighted by molar-refractivity contribution is 7.92. The maximum atomic E-state index is 12.6. The number of nitrogens with zero attached hydrogens (tertiary/aromatic N) is 3. The van der Waals surface area contributed by atoms with Gasteiger partial charge in [-0.3, -0.25) is 4.72 Å². The summed E-state index contributed by atoms with van der Waals surface area (Å²) in [5, 5.41) is 0.317. The molecule has 7 nitrogen and oxygen atoms in total. The molecule has 0 atom stereocenters. The van der Waals surface area contributed by atoms with Gasteiger partial charge in [-0.25, -0.2) is 15.0 Å². The van der Waals surface area contributed by atoms with Gasteiger partial charge in [0.2, 0.25) is 0 Å². The fraction of sp³-hybridized carbons (Fsp3) is 0.105. The molecule has 0 saturated heterocycles. The van der Waals surface area contributed by atoms with Crippen LogP contribution < -0.4 is 4.72 Å². The molecule has 11 heteroatoms. The molecule has 0 bridgehead atoms. The number of aryl methyl sites for hydroxylation is 1. The zero-order valence-electron chi connectivity index (χ0n) is 15.4. The van der Waals surface area contributed by atoms with Crippen LogP contribution in [0.5, 0.6) is 0 Å². The molecule has 0 spiro atoms. The number of nitrogens with one attached hydrogen (secondary N) is 2. The summed E-state index contributed by atoms with van der Waals surface area (Å²) in [7, 11) is -4.14. The molecule has 3 heterocycles. The first-order valence-electron chi connectivity index (χ1n) is 8.60. The van der Waals surface area contributed by atoms with Gasteiger partial charge in [-0.1, -0.05) is 12.1 Å². The van der Waals surface area contributed by atoms with Crippen molar-refractivity contribution in [3.63, 3.8) is 0 Å². The van der Waals surface area contributed by atoms with E-state index in [0.717, 1.165) is 22.7 Å². The first-order chi connectivity index (χ1) is 14.1. The van der Waals surface area contributed by atoms with Crippen LogP contribution in [0.4, 0.5) is 18.9 Å². The van der Waals surface area contributed by atoms with Crippen LogP contribution in [0.3, 0.4) is 0 Å². The van der Waals surface area contributed by atoms with Crippen molar-refractivity contribution in [2.45, 2.75) is 18.1 Å². The fourth-order valence-electron chi connectivity index (χ4n) is 2.91. The Bertz CT molecular complexity index is 1320. The average molecular weight is 433 g/mol. The maximum Gasteiger partial charge on any atom is 0.417 e. The average Bonchev–Trinajstić information content (AvgIpc) is 3.08. The zero-order chi connectivity index (χ0) is 21.5. The summed E-state index contributed by atoms with van der Waals surface area (Å²) in [5.41, 5.74) is 2.26. The molecule has 4 aromatic rings. The van der Waals surface area contributed by atoms with Gasteiger partial charge in [0.05, 0.1) is 11.3 Å². The number of fused-ring (bicyclic) bond motifs is 1. The first kappa shape index (κ1) is 19.8. The Labute approximate surface area is 169 Å². The van der Waals surface area contributed by atoms with Crippen molar-refractivity contribution >= 4 is 26.7 Å². The van der Waals surface area contributed by atoms with E-state index in [9.17, 15) is 21.6 Å². The Morgan fingerprint density at radius 3 is 2.37 bits per heavy atom. The summed E-state index contributed by atoms with van der Waals surface area (Å²) in [6.45, 7) is 1.90. The van der Waals surface area contributed by atoms with Crippen LogP contribution in [0.25, 0.3) is 22.3 Å². The Kier molecular flexibility index (Phi) is 4.69. The number of rotatable bonds is 4. The van der Waals surface area contributed by atoms with Crippen molar-refractivity contribution in [1.82, 2.24) is 19.9 Å². The molecule has 0 radical (unpaired) electrons. The maximum absolute atomic E-state index is 12.6. The topological polar surface area (TPSA) is 101 Å². The molecule has 3 aromatic heterocycles. The van der Waals surface area contributed by atoms with E-state index in [1.165, 1.54) is 18.5 Å². The lowest BCUT2D eigenvalue weighted by Gasteiger charge is -2.10. The van der Waals surface area contributed by atoms with Crippen LogP contribution in [0.2, 0.25) is 0 Å². The lowest BCUT2D eigenvalue weighted by atomic mass is 10.1. The van der Waals surface area contributed by atoms with Gasteiger partial charge in [0.25, 0.3) is 10.0 Å². The Morgan fingerprint density at radius 1 is 1.00 bits per heavy atom. The van der Waals surface area contributed by atoms with Crippen molar-refractivity contribution in [3.05, 3.63) is 66.2 Å². The third-order valence-corrected chi connectivity index (χ3v) is 5.61. The minimum atomic E-state index is -4.59. The third-order valence-electron chi connectivity index (χ3n) is 4.31. The second-order valence-corrected chi connectivity index (χ2v) is 8.13. The van der Waals surface area contributed by atoms with E-state index in [-0.39, 0.29) is 5.69 Å². The number of aromatic amines is 1. The van der Waals surface area contributed by atoms with E-state index in [1.54, 1.807) is 12.1 Å². The van der Waals surface area contributed by atoms with Crippen molar-refractivity contribution in [2.24, 2.45) is 0 Å². The van der Waals surface area contributed by atoms with Crippen LogP contribution >= 0.6 is 0 Å². The third kappa shape index (κ3) is 3.83. The van der Waals surface area contributed by atoms with Crippen molar-refractivity contribution in [2.75, 3.05) is 4.72 Å². The summed E-state index contributed by atoms with van der Waals surface area (Å²) in [4.78, 5) is 15.0. The molecule has 1 aromatic carbocycles. The summed E-state index contributed by atoms with van der Waals surface area (Å²) in [6.07, 6.45) is -2.68. The van der Waals surface area contributed by atoms with E-state index in [1.807, 2.05) is 13.0 Å². The van der Waals surface area contributed by atoms with E-state index in [4.69, 9.17) is 0 Å². The number of H-pyrrole nitrogens is 1. The quantitative estimate of drug-likeness (QED) is 0.504. The van der Waals surface area contributed by atoms with Gasteiger partial charge in [0.1, 0.15) is 12.0 Å². The van der Waals surface area contributed by atoms with Gasteiger partial charge < -0.3 is 4.98 Å². The highest BCUT2D eigenvalue weighted by Crippen LogP contribution is 2.30. The largest absolute Gasteiger partial charge is 0.417 e. The molecule has 0 unspecified atom stereocenters. The Hall–Kier alpha value is -3.47. The summed E-state index contributed by atoms with van der Waals surface area (Å²) >= 11 is 0. The van der Waals surface area contributed by atoms with Crippen molar-refractivity contribution < 1.29 is 21.6 Å². The standard InChI is InChI=1S/C19H14F3N5O2S/c1-11-8-15-17(24-10-25-18(15)26-11)12-2-5-14(6-3-12)27-30(28,29)16-7-4-13(9-23-16)19(20,21)22/h2-10,27H,1H3,(H,24,25,26). The van der Waals surface area contributed by atoms with Gasteiger partial charge in [-0.15, -0.1) is 0 Å². The second-order valence-electron chi connectivity index (χ2n) is 6.50. The van der Waals surface area contributed by atoms with Crippen LogP contribution in [-0.4, -0.2) is 28.4 Å². The van der Waals surface area contributed by atoms with Gasteiger partial charge in [-0.2, -0.15) is 21.6 Å². The van der Waals surface area contributed by atoms with Gasteiger partial charge in [0, 0.05) is 28.5 Å². The number of hydrogen-bond donors (Lipinski definition) is 2. The van der Waals surface area contributed by atoms with Crippen LogP contribution in [-0.2, 0) is 16.2 Å². The minimum absolute atomic E-state index is 0.232. The van der Waals surface area contributed by atoms with E-state index < -0.39 is 26.8 Å². The highest BCUT2D eigenvalue weighted by Gasteiger charge is 2.31. The number of hydrogen-bond acceptors (Lipinski definition) is 5. The van der Waals surface area contributed by atoms with E-state index in [0.29, 0.717) is 23.6 Å². The Morgan fingerprint density at radius 2 is 1.73 bits per heavy atom. The predicted octanol–water partition coefficient (Wildman–Crippen LogP) is 4.15. The van der Waals surface area contributed by atoms with Gasteiger partial charge in [-0.05, 0) is 37.3 Å². The van der Waals surface area contributed by atoms with E-state index >= 15 is 0 Å². The second kappa shape index (κ2) is 7.10. The molecule has 2 N–H and O–H groups in total. The van der Waals surface area contributed by atoms with Crippen LogP contribution in [0.15, 0.2) is 60.0 Å². The number of sulfonamides is 1. The van der Waals surface area contributed by atoms with E-state index in [2.05, 4.69) is 24.7 Å². The number of anilines is 1. The monoisotopic (exact) mass is 433 g/mol. The Balaban J connectivity index is 1.58. The molecule has 0 aliphatic carbocycles. The van der Waals surface area contributed by atoms with Gasteiger partial charge >= 0.3 is 6.18 Å². The number of aromatic nitrogens is 4. The van der Waals surface area contributed by atoms with Crippen LogP contribution in [0, 0.1) is 6.92 Å². The SMILES string of the molecule is Cc1cc2c(-c3ccc(NS(=O)(=O)c4ccc(C(F)(F)F)cn4)cc3)ncnc2[nH]1. The highest BCUT2D eigenvalue weighted by atomic mass is 32.2. The molecule has 0 aliphatic rings. The smallest absolute Gasteiger partial charge is 0.343 e. The summed E-state index contributed by atoms with van der Waals surface area (Å²) in [5.74, 6) is 0. The number of alkyl halides is 3. The molecule has 30 heavy (non-hydrogen) atoms. The molecule has 154 valence electrons.